The number of aliphatic hydroxyl groups is 1. The molecule has 0 saturated carbocycles. The van der Waals surface area contributed by atoms with Gasteiger partial charge in [0.15, 0.2) is 5.76 Å². The van der Waals surface area contributed by atoms with Gasteiger partial charge in [0.05, 0.1) is 19.0 Å². The Hall–Kier alpha value is -2.15. The number of furan rings is 1. The highest BCUT2D eigenvalue weighted by Gasteiger charge is 2.39. The van der Waals surface area contributed by atoms with Crippen molar-refractivity contribution in [3.8, 4) is 0 Å². The average molecular weight is 304 g/mol. The molecular formula is C15H20N4O3. The van der Waals surface area contributed by atoms with Crippen LogP contribution in [0.3, 0.4) is 0 Å². The predicted molar refractivity (Wildman–Crippen MR) is 78.1 cm³/mol. The number of rotatable bonds is 3. The Morgan fingerprint density at radius 1 is 1.50 bits per heavy atom. The summed E-state index contributed by atoms with van der Waals surface area (Å²) in [5.41, 5.74) is -0.647. The van der Waals surface area contributed by atoms with E-state index in [1.54, 1.807) is 27.9 Å². The summed E-state index contributed by atoms with van der Waals surface area (Å²) in [5, 5.41) is 19.0. The molecule has 22 heavy (non-hydrogen) atoms. The number of hydrogen-bond acceptors (Lipinski definition) is 5. The van der Waals surface area contributed by atoms with Gasteiger partial charge in [-0.2, -0.15) is 0 Å². The van der Waals surface area contributed by atoms with E-state index in [0.717, 1.165) is 0 Å². The third-order valence-corrected chi connectivity index (χ3v) is 4.01. The molecule has 1 aliphatic rings. The summed E-state index contributed by atoms with van der Waals surface area (Å²) in [7, 11) is 0. The molecule has 0 radical (unpaired) electrons. The van der Waals surface area contributed by atoms with Crippen LogP contribution in [0.4, 0.5) is 0 Å². The molecule has 1 N–H and O–H groups in total. The molecule has 1 saturated heterocycles. The van der Waals surface area contributed by atoms with Crippen LogP contribution in [0.1, 0.15) is 49.0 Å². The first-order valence-corrected chi connectivity index (χ1v) is 7.47. The molecule has 0 aliphatic carbocycles. The molecule has 0 spiro atoms. The second kappa shape index (κ2) is 5.57. The predicted octanol–water partition coefficient (Wildman–Crippen LogP) is 1.58. The molecule has 2 aromatic rings. The van der Waals surface area contributed by atoms with E-state index in [0.29, 0.717) is 25.1 Å². The Labute approximate surface area is 128 Å². The Balaban J connectivity index is 1.80. The third kappa shape index (κ3) is 2.64. The monoisotopic (exact) mass is 304 g/mol. The highest BCUT2D eigenvalue weighted by atomic mass is 16.3. The van der Waals surface area contributed by atoms with Gasteiger partial charge in [-0.15, -0.1) is 5.10 Å². The lowest BCUT2D eigenvalue weighted by atomic mass is 9.90. The maximum atomic E-state index is 12.4. The lowest BCUT2D eigenvalue weighted by Crippen LogP contribution is -2.48. The molecule has 118 valence electrons. The van der Waals surface area contributed by atoms with Crippen molar-refractivity contribution >= 4 is 5.91 Å². The largest absolute Gasteiger partial charge is 0.459 e. The van der Waals surface area contributed by atoms with Crippen molar-refractivity contribution in [3.05, 3.63) is 36.0 Å². The lowest BCUT2D eigenvalue weighted by molar-refractivity contribution is -0.0328. The van der Waals surface area contributed by atoms with Gasteiger partial charge in [0.2, 0.25) is 0 Å². The van der Waals surface area contributed by atoms with Crippen molar-refractivity contribution in [1.29, 1.82) is 0 Å². The zero-order chi connectivity index (χ0) is 15.7. The van der Waals surface area contributed by atoms with E-state index in [1.807, 2.05) is 13.8 Å². The second-order valence-corrected chi connectivity index (χ2v) is 6.02. The fraction of sp³-hybridized carbons (Fsp3) is 0.533. The van der Waals surface area contributed by atoms with Gasteiger partial charge in [-0.05, 0) is 38.8 Å². The Morgan fingerprint density at radius 3 is 2.95 bits per heavy atom. The molecular weight excluding hydrogens is 284 g/mol. The minimum Gasteiger partial charge on any atom is -0.459 e. The minimum atomic E-state index is -1.16. The number of likely N-dealkylation sites (tertiary alicyclic amines) is 1. The fourth-order valence-corrected chi connectivity index (χ4v) is 2.72. The van der Waals surface area contributed by atoms with Gasteiger partial charge in [-0.25, -0.2) is 4.68 Å². The summed E-state index contributed by atoms with van der Waals surface area (Å²) in [6.07, 6.45) is 4.49. The van der Waals surface area contributed by atoms with Gasteiger partial charge in [0.25, 0.3) is 5.91 Å². The third-order valence-electron chi connectivity index (χ3n) is 4.01. The van der Waals surface area contributed by atoms with Crippen LogP contribution in [0.2, 0.25) is 0 Å². The standard InChI is InChI=1S/C15H20N4O3/c1-11(2)19-9-13(16-17-19)15(21)6-4-7-18(10-15)14(20)12-5-3-8-22-12/h3,5,8-9,11,21H,4,6-7,10H2,1-2H3/t15-/m0/s1. The molecule has 0 unspecified atom stereocenters. The van der Waals surface area contributed by atoms with Crippen LogP contribution >= 0.6 is 0 Å². The second-order valence-electron chi connectivity index (χ2n) is 6.02. The van der Waals surface area contributed by atoms with E-state index >= 15 is 0 Å². The maximum absolute atomic E-state index is 12.4. The van der Waals surface area contributed by atoms with Crippen molar-refractivity contribution in [2.45, 2.75) is 38.3 Å². The van der Waals surface area contributed by atoms with E-state index in [4.69, 9.17) is 4.42 Å². The average Bonchev–Trinajstić information content (AvgIpc) is 3.18. The number of β-amino-alcohol motifs (C(OH)–C–C–N with tert-alkyl or cyclic N) is 1. The normalized spacial score (nSPS) is 22.3. The SMILES string of the molecule is CC(C)n1cc([C@]2(O)CCCN(C(=O)c3ccco3)C2)nn1. The molecule has 2 aromatic heterocycles. The van der Waals surface area contributed by atoms with E-state index < -0.39 is 5.60 Å². The Kier molecular flexibility index (Phi) is 3.74. The van der Waals surface area contributed by atoms with Crippen molar-refractivity contribution in [2.75, 3.05) is 13.1 Å². The first-order chi connectivity index (χ1) is 10.5. The van der Waals surface area contributed by atoms with Crippen LogP contribution in [-0.2, 0) is 5.60 Å². The molecule has 0 aromatic carbocycles. The maximum Gasteiger partial charge on any atom is 0.289 e. The van der Waals surface area contributed by atoms with Crippen LogP contribution in [0.15, 0.2) is 29.0 Å². The highest BCUT2D eigenvalue weighted by molar-refractivity contribution is 5.91. The smallest absolute Gasteiger partial charge is 0.289 e. The van der Waals surface area contributed by atoms with Gasteiger partial charge < -0.3 is 14.4 Å². The van der Waals surface area contributed by atoms with Crippen LogP contribution < -0.4 is 0 Å². The molecule has 7 heteroatoms. The van der Waals surface area contributed by atoms with Crippen molar-refractivity contribution in [3.63, 3.8) is 0 Å². The number of carbonyl (C=O) groups excluding carboxylic acids is 1. The molecule has 1 atom stereocenters. The summed E-state index contributed by atoms with van der Waals surface area (Å²) in [6, 6.07) is 3.48. The number of amides is 1. The van der Waals surface area contributed by atoms with E-state index in [9.17, 15) is 9.90 Å². The van der Waals surface area contributed by atoms with Crippen LogP contribution in [0.5, 0.6) is 0 Å². The first kappa shape index (κ1) is 14.8. The zero-order valence-corrected chi connectivity index (χ0v) is 12.8. The molecule has 0 bridgehead atoms. The summed E-state index contributed by atoms with van der Waals surface area (Å²) in [5.74, 6) is 0.0782. The molecule has 1 amide bonds. The van der Waals surface area contributed by atoms with Gasteiger partial charge >= 0.3 is 0 Å². The molecule has 1 aliphatic heterocycles. The van der Waals surface area contributed by atoms with E-state index in [-0.39, 0.29) is 24.3 Å². The van der Waals surface area contributed by atoms with Crippen molar-refractivity contribution in [1.82, 2.24) is 19.9 Å². The summed E-state index contributed by atoms with van der Waals surface area (Å²) < 4.78 is 6.86. The summed E-state index contributed by atoms with van der Waals surface area (Å²) in [4.78, 5) is 14.0. The molecule has 3 heterocycles. The molecule has 3 rings (SSSR count). The number of nitrogens with zero attached hydrogens (tertiary/aromatic N) is 4. The van der Waals surface area contributed by atoms with Crippen molar-refractivity contribution in [2.24, 2.45) is 0 Å². The number of aromatic nitrogens is 3. The van der Waals surface area contributed by atoms with Gasteiger partial charge in [-0.1, -0.05) is 5.21 Å². The summed E-state index contributed by atoms with van der Waals surface area (Å²) in [6.45, 7) is 4.79. The van der Waals surface area contributed by atoms with Crippen LogP contribution in [-0.4, -0.2) is 44.0 Å². The summed E-state index contributed by atoms with van der Waals surface area (Å²) >= 11 is 0. The Morgan fingerprint density at radius 2 is 2.32 bits per heavy atom. The van der Waals surface area contributed by atoms with Crippen molar-refractivity contribution < 1.29 is 14.3 Å². The van der Waals surface area contributed by atoms with Gasteiger partial charge in [-0.3, -0.25) is 4.79 Å². The highest BCUT2D eigenvalue weighted by Crippen LogP contribution is 2.31. The van der Waals surface area contributed by atoms with E-state index in [2.05, 4.69) is 10.3 Å². The quantitative estimate of drug-likeness (QED) is 0.930. The minimum absolute atomic E-state index is 0.175. The molecule has 1 fully saturated rings. The van der Waals surface area contributed by atoms with Gasteiger partial charge in [0.1, 0.15) is 11.3 Å². The Bertz CT molecular complexity index is 650. The number of piperidine rings is 1. The zero-order valence-electron chi connectivity index (χ0n) is 12.8. The van der Waals surface area contributed by atoms with Crippen LogP contribution in [0.25, 0.3) is 0 Å². The topological polar surface area (TPSA) is 84.4 Å². The van der Waals surface area contributed by atoms with Crippen LogP contribution in [0, 0.1) is 0 Å². The number of hydrogen-bond donors (Lipinski definition) is 1. The first-order valence-electron chi connectivity index (χ1n) is 7.47. The number of carbonyl (C=O) groups is 1. The lowest BCUT2D eigenvalue weighted by Gasteiger charge is -2.37. The van der Waals surface area contributed by atoms with Gasteiger partial charge in [0, 0.05) is 12.6 Å². The molecule has 7 nitrogen and oxygen atoms in total. The van der Waals surface area contributed by atoms with E-state index in [1.165, 1.54) is 6.26 Å². The fourth-order valence-electron chi connectivity index (χ4n) is 2.72.